The molecule has 0 amide bonds. The lowest BCUT2D eigenvalue weighted by Gasteiger charge is -2.44. The Morgan fingerprint density at radius 1 is 1.26 bits per heavy atom. The fourth-order valence-electron chi connectivity index (χ4n) is 3.57. The van der Waals surface area contributed by atoms with E-state index in [-0.39, 0.29) is 0 Å². The van der Waals surface area contributed by atoms with Gasteiger partial charge in [-0.1, -0.05) is 34.1 Å². The van der Waals surface area contributed by atoms with Crippen LogP contribution >= 0.6 is 0 Å². The molecule has 1 N–H and O–H groups in total. The van der Waals surface area contributed by atoms with Crippen molar-refractivity contribution in [2.45, 2.75) is 79.2 Å². The Bertz CT molecular complexity index is 307. The third-order valence-electron chi connectivity index (χ3n) is 4.84. The molecule has 3 unspecified atom stereocenters. The summed E-state index contributed by atoms with van der Waals surface area (Å²) in [7, 11) is 0. The molecule has 1 aliphatic carbocycles. The molecule has 0 spiro atoms. The fourth-order valence-corrected chi connectivity index (χ4v) is 3.57. The standard InChI is InChI=1S/C18H33N/c1-6-8-9-12-18(4,5)16-11-10-15(3)14-17(16)19-13-7-2/h15-17,19H,7,9-14H2,1-5H3. The van der Waals surface area contributed by atoms with E-state index >= 15 is 0 Å². The van der Waals surface area contributed by atoms with Gasteiger partial charge in [0.25, 0.3) is 0 Å². The van der Waals surface area contributed by atoms with E-state index < -0.39 is 0 Å². The molecule has 1 fully saturated rings. The number of hydrogen-bond acceptors (Lipinski definition) is 1. The van der Waals surface area contributed by atoms with Crippen LogP contribution in [-0.2, 0) is 0 Å². The summed E-state index contributed by atoms with van der Waals surface area (Å²) >= 11 is 0. The molecule has 0 aromatic carbocycles. The van der Waals surface area contributed by atoms with Crippen molar-refractivity contribution in [3.63, 3.8) is 0 Å². The van der Waals surface area contributed by atoms with Crippen LogP contribution in [-0.4, -0.2) is 12.6 Å². The molecule has 0 bridgehead atoms. The Morgan fingerprint density at radius 2 is 2.00 bits per heavy atom. The maximum Gasteiger partial charge on any atom is 0.0103 e. The quantitative estimate of drug-likeness (QED) is 0.689. The van der Waals surface area contributed by atoms with Gasteiger partial charge in [0, 0.05) is 12.5 Å². The van der Waals surface area contributed by atoms with E-state index in [0.29, 0.717) is 11.5 Å². The molecule has 0 aromatic rings. The van der Waals surface area contributed by atoms with Crippen molar-refractivity contribution in [2.75, 3.05) is 6.54 Å². The lowest BCUT2D eigenvalue weighted by atomic mass is 9.64. The Hall–Kier alpha value is -0.480. The molecule has 0 aliphatic heterocycles. The van der Waals surface area contributed by atoms with Crippen molar-refractivity contribution in [3.8, 4) is 11.8 Å². The van der Waals surface area contributed by atoms with Crippen molar-refractivity contribution in [2.24, 2.45) is 17.3 Å². The predicted molar refractivity (Wildman–Crippen MR) is 85.1 cm³/mol. The van der Waals surface area contributed by atoms with Crippen LogP contribution in [0.25, 0.3) is 0 Å². The van der Waals surface area contributed by atoms with Crippen LogP contribution in [0.15, 0.2) is 0 Å². The SMILES string of the molecule is CC#CCCC(C)(C)C1CCC(C)CC1NCCC. The monoisotopic (exact) mass is 263 g/mol. The minimum atomic E-state index is 0.412. The van der Waals surface area contributed by atoms with Gasteiger partial charge in [-0.25, -0.2) is 0 Å². The Labute approximate surface area is 120 Å². The smallest absolute Gasteiger partial charge is 0.0103 e. The molecule has 0 heterocycles. The first-order valence-corrected chi connectivity index (χ1v) is 8.14. The van der Waals surface area contributed by atoms with Crippen molar-refractivity contribution in [1.82, 2.24) is 5.32 Å². The van der Waals surface area contributed by atoms with Crippen molar-refractivity contribution < 1.29 is 0 Å². The normalized spacial score (nSPS) is 27.7. The topological polar surface area (TPSA) is 12.0 Å². The highest BCUT2D eigenvalue weighted by molar-refractivity contribution is 4.98. The summed E-state index contributed by atoms with van der Waals surface area (Å²) in [4.78, 5) is 0. The van der Waals surface area contributed by atoms with E-state index in [0.717, 1.165) is 18.3 Å². The molecule has 1 saturated carbocycles. The highest BCUT2D eigenvalue weighted by Crippen LogP contribution is 2.42. The van der Waals surface area contributed by atoms with Crippen molar-refractivity contribution >= 4 is 0 Å². The van der Waals surface area contributed by atoms with Gasteiger partial charge in [-0.2, -0.15) is 0 Å². The highest BCUT2D eigenvalue weighted by Gasteiger charge is 2.38. The maximum absolute atomic E-state index is 3.81. The zero-order valence-corrected chi connectivity index (χ0v) is 13.7. The number of rotatable bonds is 6. The van der Waals surface area contributed by atoms with Gasteiger partial charge in [0.2, 0.25) is 0 Å². The molecule has 1 heteroatoms. The van der Waals surface area contributed by atoms with Crippen LogP contribution < -0.4 is 5.32 Å². The van der Waals surface area contributed by atoms with E-state index in [4.69, 9.17) is 0 Å². The second-order valence-electron chi connectivity index (χ2n) is 7.00. The molecular formula is C18H33N. The first-order valence-electron chi connectivity index (χ1n) is 8.14. The second kappa shape index (κ2) is 7.95. The molecular weight excluding hydrogens is 230 g/mol. The molecule has 1 aliphatic rings. The summed E-state index contributed by atoms with van der Waals surface area (Å²) in [5.74, 6) is 7.97. The first-order chi connectivity index (χ1) is 9.01. The summed E-state index contributed by atoms with van der Waals surface area (Å²) < 4.78 is 0. The summed E-state index contributed by atoms with van der Waals surface area (Å²) in [6.45, 7) is 12.7. The van der Waals surface area contributed by atoms with Crippen molar-refractivity contribution in [1.29, 1.82) is 0 Å². The number of hydrogen-bond donors (Lipinski definition) is 1. The van der Waals surface area contributed by atoms with Crippen LogP contribution in [0.5, 0.6) is 0 Å². The van der Waals surface area contributed by atoms with Crippen LogP contribution in [0.4, 0.5) is 0 Å². The van der Waals surface area contributed by atoms with Gasteiger partial charge < -0.3 is 5.32 Å². The summed E-state index contributed by atoms with van der Waals surface area (Å²) in [6, 6.07) is 0.716. The molecule has 1 rings (SSSR count). The van der Waals surface area contributed by atoms with E-state index in [9.17, 15) is 0 Å². The molecule has 0 saturated heterocycles. The van der Waals surface area contributed by atoms with Crippen LogP contribution in [0.2, 0.25) is 0 Å². The summed E-state index contributed by atoms with van der Waals surface area (Å²) in [5, 5.41) is 3.81. The van der Waals surface area contributed by atoms with E-state index in [1.807, 2.05) is 6.92 Å². The van der Waals surface area contributed by atoms with Gasteiger partial charge in [-0.3, -0.25) is 0 Å². The molecule has 0 aromatic heterocycles. The zero-order valence-electron chi connectivity index (χ0n) is 13.7. The largest absolute Gasteiger partial charge is 0.314 e. The average molecular weight is 263 g/mol. The van der Waals surface area contributed by atoms with E-state index in [2.05, 4.69) is 44.9 Å². The lowest BCUT2D eigenvalue weighted by molar-refractivity contribution is 0.0880. The van der Waals surface area contributed by atoms with Gasteiger partial charge in [0.1, 0.15) is 0 Å². The average Bonchev–Trinajstić information content (AvgIpc) is 2.36. The third kappa shape index (κ3) is 5.19. The third-order valence-corrected chi connectivity index (χ3v) is 4.84. The van der Waals surface area contributed by atoms with Crippen LogP contribution in [0.1, 0.15) is 73.1 Å². The van der Waals surface area contributed by atoms with Crippen LogP contribution in [0, 0.1) is 29.1 Å². The second-order valence-corrected chi connectivity index (χ2v) is 7.00. The molecule has 1 nitrogen and oxygen atoms in total. The highest BCUT2D eigenvalue weighted by atomic mass is 14.9. The Balaban J connectivity index is 2.65. The van der Waals surface area contributed by atoms with Crippen molar-refractivity contribution in [3.05, 3.63) is 0 Å². The summed E-state index contributed by atoms with van der Waals surface area (Å²) in [5.41, 5.74) is 0.412. The Morgan fingerprint density at radius 3 is 2.63 bits per heavy atom. The van der Waals surface area contributed by atoms with Gasteiger partial charge >= 0.3 is 0 Å². The van der Waals surface area contributed by atoms with Gasteiger partial charge in [0.05, 0.1) is 0 Å². The zero-order chi connectivity index (χ0) is 14.3. The predicted octanol–water partition coefficient (Wildman–Crippen LogP) is 4.62. The minimum Gasteiger partial charge on any atom is -0.314 e. The molecule has 19 heavy (non-hydrogen) atoms. The molecule has 3 atom stereocenters. The molecule has 110 valence electrons. The van der Waals surface area contributed by atoms with Crippen LogP contribution in [0.3, 0.4) is 0 Å². The van der Waals surface area contributed by atoms with Gasteiger partial charge in [-0.05, 0) is 56.4 Å². The lowest BCUT2D eigenvalue weighted by Crippen LogP contribution is -2.47. The van der Waals surface area contributed by atoms with E-state index in [1.165, 1.54) is 38.6 Å². The van der Waals surface area contributed by atoms with Gasteiger partial charge in [0.15, 0.2) is 0 Å². The summed E-state index contributed by atoms with van der Waals surface area (Å²) in [6.07, 6.45) is 7.66. The first kappa shape index (κ1) is 16.6. The van der Waals surface area contributed by atoms with Gasteiger partial charge in [-0.15, -0.1) is 11.8 Å². The molecule has 0 radical (unpaired) electrons. The van der Waals surface area contributed by atoms with E-state index in [1.54, 1.807) is 0 Å². The Kier molecular flexibility index (Phi) is 6.94. The maximum atomic E-state index is 3.81. The fraction of sp³-hybridized carbons (Fsp3) is 0.889. The minimum absolute atomic E-state index is 0.412. The number of nitrogens with one attached hydrogen (secondary N) is 1.